The second kappa shape index (κ2) is 10.7. The number of hydrogen-bond acceptors (Lipinski definition) is 7. The van der Waals surface area contributed by atoms with E-state index in [1.165, 1.54) is 17.8 Å². The summed E-state index contributed by atoms with van der Waals surface area (Å²) in [6.07, 6.45) is 1.65. The van der Waals surface area contributed by atoms with Gasteiger partial charge in [-0.25, -0.2) is 9.37 Å². The lowest BCUT2D eigenvalue weighted by Crippen LogP contribution is -2.36. The highest BCUT2D eigenvalue weighted by molar-refractivity contribution is 7.99. The number of halogens is 1. The Hall–Kier alpha value is -3.76. The zero-order valence-electron chi connectivity index (χ0n) is 18.8. The zero-order chi connectivity index (χ0) is 24.0. The Bertz CT molecular complexity index is 1290. The molecule has 0 saturated carbocycles. The average Bonchev–Trinajstić information content (AvgIpc) is 3.33. The Morgan fingerprint density at radius 1 is 1.00 bits per heavy atom. The van der Waals surface area contributed by atoms with Crippen LogP contribution in [0.3, 0.4) is 0 Å². The summed E-state index contributed by atoms with van der Waals surface area (Å²) in [5, 5.41) is 11.8. The zero-order valence-corrected chi connectivity index (χ0v) is 19.6. The lowest BCUT2D eigenvalue weighted by atomic mass is 10.2. The fourth-order valence-electron chi connectivity index (χ4n) is 3.76. The van der Waals surface area contributed by atoms with E-state index in [1.807, 2.05) is 42.5 Å². The van der Waals surface area contributed by atoms with Gasteiger partial charge in [0.15, 0.2) is 11.0 Å². The van der Waals surface area contributed by atoms with Crippen molar-refractivity contribution in [1.82, 2.24) is 19.7 Å². The van der Waals surface area contributed by atoms with Crippen molar-refractivity contribution in [2.24, 2.45) is 0 Å². The first-order chi connectivity index (χ1) is 17.2. The number of para-hydroxylation sites is 1. The van der Waals surface area contributed by atoms with Crippen molar-refractivity contribution in [3.05, 3.63) is 78.7 Å². The minimum Gasteiger partial charge on any atom is -0.378 e. The monoisotopic (exact) mass is 490 g/mol. The number of aromatic nitrogens is 4. The van der Waals surface area contributed by atoms with Crippen LogP contribution in [0, 0.1) is 5.82 Å². The Morgan fingerprint density at radius 3 is 2.51 bits per heavy atom. The van der Waals surface area contributed by atoms with Gasteiger partial charge in [0.05, 0.1) is 36.4 Å². The number of rotatable bonds is 7. The van der Waals surface area contributed by atoms with Crippen molar-refractivity contribution < 1.29 is 13.9 Å². The molecule has 10 heteroatoms. The Morgan fingerprint density at radius 2 is 1.77 bits per heavy atom. The summed E-state index contributed by atoms with van der Waals surface area (Å²) in [5.74, 6) is 0.746. The molecule has 1 aliphatic rings. The minimum atomic E-state index is -0.389. The van der Waals surface area contributed by atoms with E-state index < -0.39 is 0 Å². The maximum absolute atomic E-state index is 14.5. The van der Waals surface area contributed by atoms with E-state index in [0.717, 1.165) is 24.6 Å². The SMILES string of the molecule is O=C(CSc1nnc(-c2ccccc2F)n1-c1ccccc1)Nc1ccc(N2CCOCC2)nc1. The molecule has 1 fully saturated rings. The lowest BCUT2D eigenvalue weighted by molar-refractivity contribution is -0.113. The van der Waals surface area contributed by atoms with E-state index >= 15 is 0 Å². The van der Waals surface area contributed by atoms with Gasteiger partial charge in [-0.05, 0) is 36.4 Å². The number of ether oxygens (including phenoxy) is 1. The van der Waals surface area contributed by atoms with Crippen LogP contribution in [-0.2, 0) is 9.53 Å². The number of pyridine rings is 1. The van der Waals surface area contributed by atoms with Gasteiger partial charge in [0.1, 0.15) is 11.6 Å². The number of morpholine rings is 1. The summed E-state index contributed by atoms with van der Waals surface area (Å²) in [4.78, 5) is 19.3. The first kappa shape index (κ1) is 23.0. The molecule has 1 N–H and O–H groups in total. The Balaban J connectivity index is 1.30. The number of benzene rings is 2. The summed E-state index contributed by atoms with van der Waals surface area (Å²) in [6, 6.07) is 19.6. The van der Waals surface area contributed by atoms with Gasteiger partial charge in [0.25, 0.3) is 0 Å². The molecule has 4 aromatic rings. The molecule has 1 amide bonds. The third kappa shape index (κ3) is 5.33. The van der Waals surface area contributed by atoms with Crippen LogP contribution in [0.5, 0.6) is 0 Å². The van der Waals surface area contributed by atoms with Gasteiger partial charge in [-0.2, -0.15) is 0 Å². The predicted molar refractivity (Wildman–Crippen MR) is 133 cm³/mol. The van der Waals surface area contributed by atoms with Crippen molar-refractivity contribution in [3.8, 4) is 17.1 Å². The molecule has 0 bridgehead atoms. The van der Waals surface area contributed by atoms with E-state index in [9.17, 15) is 9.18 Å². The average molecular weight is 491 g/mol. The Labute approximate surface area is 206 Å². The van der Waals surface area contributed by atoms with Crippen LogP contribution >= 0.6 is 11.8 Å². The largest absolute Gasteiger partial charge is 0.378 e. The van der Waals surface area contributed by atoms with Gasteiger partial charge in [-0.1, -0.05) is 42.1 Å². The number of anilines is 2. The van der Waals surface area contributed by atoms with E-state index in [2.05, 4.69) is 25.4 Å². The van der Waals surface area contributed by atoms with Gasteiger partial charge >= 0.3 is 0 Å². The van der Waals surface area contributed by atoms with Gasteiger partial charge in [0.2, 0.25) is 5.91 Å². The third-order valence-electron chi connectivity index (χ3n) is 5.46. The van der Waals surface area contributed by atoms with Crippen molar-refractivity contribution in [2.45, 2.75) is 5.16 Å². The molecule has 35 heavy (non-hydrogen) atoms. The highest BCUT2D eigenvalue weighted by atomic mass is 32.2. The van der Waals surface area contributed by atoms with E-state index in [4.69, 9.17) is 4.74 Å². The number of nitrogens with one attached hydrogen (secondary N) is 1. The number of carbonyl (C=O) groups is 1. The second-order valence-electron chi connectivity index (χ2n) is 7.80. The van der Waals surface area contributed by atoms with Crippen LogP contribution in [0.4, 0.5) is 15.9 Å². The van der Waals surface area contributed by atoms with Crippen LogP contribution in [0.15, 0.2) is 78.1 Å². The highest BCUT2D eigenvalue weighted by Crippen LogP contribution is 2.29. The van der Waals surface area contributed by atoms with Crippen molar-refractivity contribution in [3.63, 3.8) is 0 Å². The molecule has 0 aliphatic carbocycles. The third-order valence-corrected chi connectivity index (χ3v) is 6.39. The molecule has 2 aromatic heterocycles. The fraction of sp³-hybridized carbons (Fsp3) is 0.200. The lowest BCUT2D eigenvalue weighted by Gasteiger charge is -2.27. The molecule has 8 nitrogen and oxygen atoms in total. The number of hydrogen-bond donors (Lipinski definition) is 1. The fourth-order valence-corrected chi connectivity index (χ4v) is 4.51. The topological polar surface area (TPSA) is 85.2 Å². The molecule has 178 valence electrons. The molecule has 5 rings (SSSR count). The van der Waals surface area contributed by atoms with E-state index in [-0.39, 0.29) is 17.5 Å². The molecule has 1 saturated heterocycles. The van der Waals surface area contributed by atoms with Crippen LogP contribution < -0.4 is 10.2 Å². The molecule has 0 spiro atoms. The summed E-state index contributed by atoms with van der Waals surface area (Å²) in [7, 11) is 0. The number of thioether (sulfide) groups is 1. The van der Waals surface area contributed by atoms with Crippen molar-refractivity contribution in [2.75, 3.05) is 42.3 Å². The molecule has 2 aromatic carbocycles. The van der Waals surface area contributed by atoms with Crippen LogP contribution in [0.2, 0.25) is 0 Å². The normalized spacial score (nSPS) is 13.6. The van der Waals surface area contributed by atoms with Crippen LogP contribution in [-0.4, -0.2) is 57.7 Å². The molecule has 1 aliphatic heterocycles. The smallest absolute Gasteiger partial charge is 0.234 e. The maximum atomic E-state index is 14.5. The Kier molecular flexibility index (Phi) is 7.01. The summed E-state index contributed by atoms with van der Waals surface area (Å²) in [5.41, 5.74) is 1.73. The molecule has 3 heterocycles. The van der Waals surface area contributed by atoms with Crippen LogP contribution in [0.25, 0.3) is 17.1 Å². The van der Waals surface area contributed by atoms with Crippen molar-refractivity contribution in [1.29, 1.82) is 0 Å². The predicted octanol–water partition coefficient (Wildman–Crippen LogP) is 4.04. The summed E-state index contributed by atoms with van der Waals surface area (Å²) in [6.45, 7) is 2.96. The van der Waals surface area contributed by atoms with Crippen molar-refractivity contribution >= 4 is 29.2 Å². The standard InChI is InChI=1S/C25H23FN6O2S/c26-21-9-5-4-8-20(21)24-29-30-25(32(24)19-6-2-1-3-7-19)35-17-23(33)28-18-10-11-22(27-16-18)31-12-14-34-15-13-31/h1-11,16H,12-15,17H2,(H,28,33). The molecule has 0 radical (unpaired) electrons. The number of nitrogens with zero attached hydrogens (tertiary/aromatic N) is 5. The summed E-state index contributed by atoms with van der Waals surface area (Å²) >= 11 is 1.23. The molecule has 0 atom stereocenters. The van der Waals surface area contributed by atoms with Gasteiger partial charge in [0, 0.05) is 18.8 Å². The number of amides is 1. The minimum absolute atomic E-state index is 0.105. The van der Waals surface area contributed by atoms with E-state index in [0.29, 0.717) is 35.4 Å². The quantitative estimate of drug-likeness (QED) is 0.392. The van der Waals surface area contributed by atoms with E-state index in [1.54, 1.807) is 29.0 Å². The summed E-state index contributed by atoms with van der Waals surface area (Å²) < 4.78 is 21.6. The molecular formula is C25H23FN6O2S. The first-order valence-corrected chi connectivity index (χ1v) is 12.1. The molecule has 0 unspecified atom stereocenters. The molecular weight excluding hydrogens is 467 g/mol. The highest BCUT2D eigenvalue weighted by Gasteiger charge is 2.19. The number of carbonyl (C=O) groups excluding carboxylic acids is 1. The van der Waals surface area contributed by atoms with Gasteiger partial charge in [-0.3, -0.25) is 9.36 Å². The van der Waals surface area contributed by atoms with Gasteiger partial charge in [-0.15, -0.1) is 10.2 Å². The van der Waals surface area contributed by atoms with Crippen LogP contribution in [0.1, 0.15) is 0 Å². The van der Waals surface area contributed by atoms with Gasteiger partial charge < -0.3 is 15.0 Å². The maximum Gasteiger partial charge on any atom is 0.234 e. The first-order valence-electron chi connectivity index (χ1n) is 11.2. The second-order valence-corrected chi connectivity index (χ2v) is 8.74.